The van der Waals surface area contributed by atoms with Crippen LogP contribution < -0.4 is 10.6 Å². The number of hydrogen-bond donors (Lipinski definition) is 3. The molecule has 0 aliphatic carbocycles. The molecule has 0 saturated carbocycles. The molecule has 0 aliphatic rings. The van der Waals surface area contributed by atoms with Gasteiger partial charge >= 0.3 is 5.97 Å². The van der Waals surface area contributed by atoms with Gasteiger partial charge in [0.1, 0.15) is 6.29 Å². The van der Waals surface area contributed by atoms with E-state index in [1.165, 1.54) is 0 Å². The molecular weight excluding hydrogens is 394 g/mol. The van der Waals surface area contributed by atoms with Gasteiger partial charge in [-0.05, 0) is 25.5 Å². The average molecular weight is 419 g/mol. The Hall–Kier alpha value is -3.87. The number of carboxylic acid groups (broad SMARTS) is 1. The highest BCUT2D eigenvalue weighted by atomic mass is 16.4. The van der Waals surface area contributed by atoms with E-state index in [0.29, 0.717) is 23.2 Å². The minimum atomic E-state index is -1.02. The topological polar surface area (TPSA) is 100 Å². The van der Waals surface area contributed by atoms with Crippen LogP contribution in [-0.2, 0) is 9.59 Å². The number of aliphatic carboxylic acids is 1. The lowest BCUT2D eigenvalue weighted by Gasteiger charge is -2.13. The largest absolute Gasteiger partial charge is 0.481 e. The third kappa shape index (κ3) is 4.66. The van der Waals surface area contributed by atoms with Gasteiger partial charge in [0.25, 0.3) is 5.91 Å². The van der Waals surface area contributed by atoms with E-state index in [4.69, 9.17) is 5.11 Å². The zero-order chi connectivity index (χ0) is 22.4. The molecule has 7 heteroatoms. The van der Waals surface area contributed by atoms with Gasteiger partial charge in [-0.3, -0.25) is 9.59 Å². The molecule has 1 heterocycles. The number of carbonyl (C=O) groups excluding carboxylic acids is 2. The molecule has 1 atom stereocenters. The average Bonchev–Trinajstić information content (AvgIpc) is 3.09. The lowest BCUT2D eigenvalue weighted by atomic mass is 10.1. The van der Waals surface area contributed by atoms with Crippen molar-refractivity contribution in [2.24, 2.45) is 0 Å². The highest BCUT2D eigenvalue weighted by molar-refractivity contribution is 6.06. The van der Waals surface area contributed by atoms with Gasteiger partial charge in [0.2, 0.25) is 0 Å². The van der Waals surface area contributed by atoms with Crippen molar-refractivity contribution >= 4 is 23.9 Å². The lowest BCUT2D eigenvalue weighted by molar-refractivity contribution is -0.137. The molecular formula is C24H25N3O4. The molecule has 1 aromatic heterocycles. The van der Waals surface area contributed by atoms with Gasteiger partial charge in [-0.2, -0.15) is 0 Å². The Morgan fingerprint density at radius 2 is 1.68 bits per heavy atom. The van der Waals surface area contributed by atoms with Crippen LogP contribution in [0.15, 0.2) is 60.7 Å². The number of carbonyl (C=O) groups is 3. The van der Waals surface area contributed by atoms with Crippen LogP contribution in [0.3, 0.4) is 0 Å². The monoisotopic (exact) mass is 419 g/mol. The molecule has 3 N–H and O–H groups in total. The zero-order valence-corrected chi connectivity index (χ0v) is 17.5. The summed E-state index contributed by atoms with van der Waals surface area (Å²) in [5.74, 6) is -1.45. The number of aromatic nitrogens is 1. The van der Waals surface area contributed by atoms with Gasteiger partial charge in [-0.15, -0.1) is 0 Å². The standard InChI is InChI=1S/C24H25N3O4/c1-16-21(24(31)26-18(15-28)13-14-20(29)30)22(25-2)23(17-9-5-3-6-10-17)27(16)19-11-7-4-8-12-19/h3-12,15,18,25H,13-14H2,1-2H3,(H,26,31)(H,29,30). The summed E-state index contributed by atoms with van der Waals surface area (Å²) in [6, 6.07) is 18.5. The molecule has 0 bridgehead atoms. The third-order valence-corrected chi connectivity index (χ3v) is 5.10. The summed E-state index contributed by atoms with van der Waals surface area (Å²) in [5, 5.41) is 14.7. The second-order valence-electron chi connectivity index (χ2n) is 7.12. The summed E-state index contributed by atoms with van der Waals surface area (Å²) >= 11 is 0. The molecule has 3 rings (SSSR count). The Kier molecular flexibility index (Phi) is 6.87. The molecule has 0 fully saturated rings. The molecule has 1 unspecified atom stereocenters. The maximum atomic E-state index is 13.2. The number of benzene rings is 2. The van der Waals surface area contributed by atoms with Crippen LogP contribution in [0.4, 0.5) is 5.69 Å². The Balaban J connectivity index is 2.13. The van der Waals surface area contributed by atoms with Crippen molar-refractivity contribution in [3.05, 3.63) is 71.9 Å². The van der Waals surface area contributed by atoms with E-state index in [0.717, 1.165) is 16.9 Å². The smallest absolute Gasteiger partial charge is 0.303 e. The van der Waals surface area contributed by atoms with Crippen LogP contribution in [0, 0.1) is 6.92 Å². The summed E-state index contributed by atoms with van der Waals surface area (Å²) in [6.07, 6.45) is 0.396. The van der Waals surface area contributed by atoms with Crippen LogP contribution in [0.5, 0.6) is 0 Å². The van der Waals surface area contributed by atoms with Crippen molar-refractivity contribution in [3.63, 3.8) is 0 Å². The van der Waals surface area contributed by atoms with Gasteiger partial charge in [0.15, 0.2) is 0 Å². The summed E-state index contributed by atoms with van der Waals surface area (Å²) in [4.78, 5) is 35.5. The molecule has 0 aliphatic heterocycles. The van der Waals surface area contributed by atoms with Crippen LogP contribution in [0.25, 0.3) is 16.9 Å². The molecule has 3 aromatic rings. The summed E-state index contributed by atoms with van der Waals surface area (Å²) in [6.45, 7) is 1.85. The van der Waals surface area contributed by atoms with E-state index in [2.05, 4.69) is 10.6 Å². The van der Waals surface area contributed by atoms with Crippen molar-refractivity contribution in [2.75, 3.05) is 12.4 Å². The summed E-state index contributed by atoms with van der Waals surface area (Å²) in [7, 11) is 1.75. The van der Waals surface area contributed by atoms with Gasteiger partial charge < -0.3 is 25.1 Å². The highest BCUT2D eigenvalue weighted by Gasteiger charge is 2.27. The second kappa shape index (κ2) is 9.75. The minimum absolute atomic E-state index is 0.0312. The number of anilines is 1. The number of para-hydroxylation sites is 1. The van der Waals surface area contributed by atoms with E-state index in [9.17, 15) is 14.4 Å². The van der Waals surface area contributed by atoms with Gasteiger partial charge in [-0.25, -0.2) is 0 Å². The quantitative estimate of drug-likeness (QED) is 0.460. The summed E-state index contributed by atoms with van der Waals surface area (Å²) in [5.41, 5.74) is 4.39. The molecule has 0 radical (unpaired) electrons. The number of nitrogens with one attached hydrogen (secondary N) is 2. The first-order valence-corrected chi connectivity index (χ1v) is 9.99. The van der Waals surface area contributed by atoms with E-state index >= 15 is 0 Å². The van der Waals surface area contributed by atoms with Crippen LogP contribution >= 0.6 is 0 Å². The van der Waals surface area contributed by atoms with E-state index in [-0.39, 0.29) is 12.8 Å². The Bertz CT molecular complexity index is 1080. The van der Waals surface area contributed by atoms with Crippen LogP contribution in [0.1, 0.15) is 28.9 Å². The fourth-order valence-corrected chi connectivity index (χ4v) is 3.67. The molecule has 160 valence electrons. The van der Waals surface area contributed by atoms with E-state index in [1.54, 1.807) is 7.05 Å². The van der Waals surface area contributed by atoms with Gasteiger partial charge in [0, 0.05) is 30.4 Å². The van der Waals surface area contributed by atoms with Crippen molar-refractivity contribution < 1.29 is 19.5 Å². The number of nitrogens with zero attached hydrogens (tertiary/aromatic N) is 1. The lowest BCUT2D eigenvalue weighted by Crippen LogP contribution is -2.36. The number of rotatable bonds is 9. The zero-order valence-electron chi connectivity index (χ0n) is 17.5. The maximum absolute atomic E-state index is 13.2. The second-order valence-corrected chi connectivity index (χ2v) is 7.12. The number of carboxylic acids is 1. The molecule has 7 nitrogen and oxygen atoms in total. The van der Waals surface area contributed by atoms with Crippen LogP contribution in [-0.4, -0.2) is 40.9 Å². The van der Waals surface area contributed by atoms with Gasteiger partial charge in [-0.1, -0.05) is 48.5 Å². The maximum Gasteiger partial charge on any atom is 0.303 e. The number of hydrogen-bond acceptors (Lipinski definition) is 4. The predicted molar refractivity (Wildman–Crippen MR) is 120 cm³/mol. The molecule has 2 aromatic carbocycles. The number of aldehydes is 1. The Labute approximate surface area is 180 Å². The van der Waals surface area contributed by atoms with Gasteiger partial charge in [0.05, 0.1) is 23.0 Å². The fourth-order valence-electron chi connectivity index (χ4n) is 3.67. The normalized spacial score (nSPS) is 11.5. The van der Waals surface area contributed by atoms with E-state index < -0.39 is 17.9 Å². The Morgan fingerprint density at radius 3 is 2.23 bits per heavy atom. The summed E-state index contributed by atoms with van der Waals surface area (Å²) < 4.78 is 2.00. The van der Waals surface area contributed by atoms with Crippen molar-refractivity contribution in [1.82, 2.24) is 9.88 Å². The molecule has 1 amide bonds. The molecule has 0 spiro atoms. The van der Waals surface area contributed by atoms with Crippen molar-refractivity contribution in [1.29, 1.82) is 0 Å². The molecule has 31 heavy (non-hydrogen) atoms. The first-order valence-electron chi connectivity index (χ1n) is 9.99. The Morgan fingerprint density at radius 1 is 1.06 bits per heavy atom. The first-order chi connectivity index (χ1) is 15.0. The minimum Gasteiger partial charge on any atom is -0.481 e. The fraction of sp³-hybridized carbons (Fsp3) is 0.208. The number of amides is 1. The predicted octanol–water partition coefficient (Wildman–Crippen LogP) is 3.66. The van der Waals surface area contributed by atoms with E-state index in [1.807, 2.05) is 72.2 Å². The first kappa shape index (κ1) is 21.8. The SMILES string of the molecule is CNc1c(C(=O)NC(C=O)CCC(=O)O)c(C)n(-c2ccccc2)c1-c1ccccc1. The van der Waals surface area contributed by atoms with Crippen molar-refractivity contribution in [3.8, 4) is 16.9 Å². The van der Waals surface area contributed by atoms with Crippen LogP contribution in [0.2, 0.25) is 0 Å². The van der Waals surface area contributed by atoms with Crippen molar-refractivity contribution in [2.45, 2.75) is 25.8 Å². The highest BCUT2D eigenvalue weighted by Crippen LogP contribution is 2.38. The molecule has 0 saturated heterocycles. The third-order valence-electron chi connectivity index (χ3n) is 5.10.